The van der Waals surface area contributed by atoms with Crippen LogP contribution in [0.2, 0.25) is 0 Å². The third kappa shape index (κ3) is 3.09. The first-order valence-electron chi connectivity index (χ1n) is 8.59. The average Bonchev–Trinajstić information content (AvgIpc) is 2.92. The minimum atomic E-state index is -3.69. The number of sulfonamides is 1. The van der Waals surface area contributed by atoms with Crippen LogP contribution in [0, 0.1) is 20.8 Å². The lowest BCUT2D eigenvalue weighted by molar-refractivity contribution is 0.597. The van der Waals surface area contributed by atoms with Gasteiger partial charge in [0.1, 0.15) is 0 Å². The normalized spacial score (nSPS) is 12.1. The Labute approximate surface area is 157 Å². The minimum Gasteiger partial charge on any atom is -0.259 e. The number of fused-ring (bicyclic) bond motifs is 3. The van der Waals surface area contributed by atoms with Gasteiger partial charge in [-0.1, -0.05) is 12.1 Å². The average molecular weight is 380 g/mol. The Morgan fingerprint density at radius 3 is 2.33 bits per heavy atom. The molecule has 0 saturated heterocycles. The van der Waals surface area contributed by atoms with Gasteiger partial charge in [-0.15, -0.1) is 0 Å². The zero-order valence-electron chi connectivity index (χ0n) is 15.4. The molecule has 0 aliphatic carbocycles. The van der Waals surface area contributed by atoms with E-state index < -0.39 is 10.0 Å². The summed E-state index contributed by atoms with van der Waals surface area (Å²) in [5, 5.41) is 12.0. The summed E-state index contributed by atoms with van der Waals surface area (Å²) in [4.78, 5) is 4.70. The highest BCUT2D eigenvalue weighted by molar-refractivity contribution is 7.89. The summed E-state index contributed by atoms with van der Waals surface area (Å²) in [5.41, 5.74) is 6.25. The summed E-state index contributed by atoms with van der Waals surface area (Å²) in [6.45, 7) is 6.67. The van der Waals surface area contributed by atoms with Crippen molar-refractivity contribution in [3.05, 3.63) is 65.0 Å². The van der Waals surface area contributed by atoms with Crippen molar-refractivity contribution in [1.29, 1.82) is 0 Å². The fourth-order valence-electron chi connectivity index (χ4n) is 3.34. The van der Waals surface area contributed by atoms with Crippen LogP contribution >= 0.6 is 0 Å². The molecule has 7 heteroatoms. The number of aromatic nitrogens is 3. The maximum absolute atomic E-state index is 11.4. The van der Waals surface area contributed by atoms with Crippen LogP contribution in [-0.2, 0) is 16.6 Å². The van der Waals surface area contributed by atoms with Crippen molar-refractivity contribution < 1.29 is 8.42 Å². The molecule has 0 saturated carbocycles. The molecule has 138 valence electrons. The van der Waals surface area contributed by atoms with Gasteiger partial charge in [-0.3, -0.25) is 9.67 Å². The van der Waals surface area contributed by atoms with E-state index >= 15 is 0 Å². The molecular formula is C20H20N4O2S. The Balaban J connectivity index is 1.86. The summed E-state index contributed by atoms with van der Waals surface area (Å²) in [5.74, 6) is 0. The van der Waals surface area contributed by atoms with Gasteiger partial charge in [0.25, 0.3) is 0 Å². The van der Waals surface area contributed by atoms with Gasteiger partial charge in [-0.05, 0) is 61.7 Å². The first kappa shape index (κ1) is 17.6. The quantitative estimate of drug-likeness (QED) is 0.591. The van der Waals surface area contributed by atoms with Crippen molar-refractivity contribution in [3.63, 3.8) is 0 Å². The van der Waals surface area contributed by atoms with Crippen molar-refractivity contribution in [2.45, 2.75) is 32.2 Å². The molecule has 0 aliphatic rings. The Morgan fingerprint density at radius 1 is 1.00 bits per heavy atom. The molecule has 4 aromatic rings. The van der Waals surface area contributed by atoms with E-state index in [1.807, 2.05) is 17.8 Å². The van der Waals surface area contributed by atoms with Crippen LogP contribution in [0.1, 0.15) is 22.4 Å². The zero-order valence-corrected chi connectivity index (χ0v) is 16.2. The number of hydrogen-bond acceptors (Lipinski definition) is 4. The molecule has 0 unspecified atom stereocenters. The highest BCUT2D eigenvalue weighted by atomic mass is 32.2. The molecule has 0 fully saturated rings. The fraction of sp³-hybridized carbons (Fsp3) is 0.200. The van der Waals surface area contributed by atoms with Crippen LogP contribution in [0.5, 0.6) is 0 Å². The van der Waals surface area contributed by atoms with Crippen LogP contribution in [-0.4, -0.2) is 23.2 Å². The molecule has 0 radical (unpaired) electrons. The van der Waals surface area contributed by atoms with Crippen LogP contribution < -0.4 is 5.14 Å². The van der Waals surface area contributed by atoms with Crippen LogP contribution in [0.15, 0.2) is 47.5 Å². The van der Waals surface area contributed by atoms with E-state index in [0.29, 0.717) is 6.54 Å². The van der Waals surface area contributed by atoms with E-state index in [4.69, 9.17) is 10.2 Å². The second kappa shape index (κ2) is 6.14. The molecule has 2 aromatic heterocycles. The molecule has 2 heterocycles. The highest BCUT2D eigenvalue weighted by Crippen LogP contribution is 2.28. The lowest BCUT2D eigenvalue weighted by atomic mass is 10.0. The van der Waals surface area contributed by atoms with Crippen molar-refractivity contribution in [2.75, 3.05) is 0 Å². The van der Waals surface area contributed by atoms with Gasteiger partial charge in [0.05, 0.1) is 28.2 Å². The predicted octanol–water partition coefficient (Wildman–Crippen LogP) is 3.21. The topological polar surface area (TPSA) is 90.9 Å². The summed E-state index contributed by atoms with van der Waals surface area (Å²) in [6.07, 6.45) is 1.87. The van der Waals surface area contributed by atoms with E-state index in [2.05, 4.69) is 31.0 Å². The predicted molar refractivity (Wildman–Crippen MR) is 106 cm³/mol. The van der Waals surface area contributed by atoms with Crippen LogP contribution in [0.25, 0.3) is 21.8 Å². The zero-order chi connectivity index (χ0) is 19.3. The summed E-state index contributed by atoms with van der Waals surface area (Å²) in [7, 11) is -3.69. The molecule has 0 atom stereocenters. The minimum absolute atomic E-state index is 0.105. The number of benzene rings is 2. The maximum Gasteiger partial charge on any atom is 0.238 e. The number of nitrogens with two attached hydrogens (primary N) is 1. The van der Waals surface area contributed by atoms with Crippen molar-refractivity contribution >= 4 is 31.8 Å². The fourth-order valence-corrected chi connectivity index (χ4v) is 3.85. The van der Waals surface area contributed by atoms with Gasteiger partial charge < -0.3 is 0 Å². The number of hydrogen-bond donors (Lipinski definition) is 1. The number of nitrogens with zero attached hydrogens (tertiary/aromatic N) is 3. The Morgan fingerprint density at radius 2 is 1.67 bits per heavy atom. The SMILES string of the molecule is Cc1cc2ncc3c(C)nn(Cc4ccc(S(N)(=O)=O)cc4)c3c2cc1C. The summed E-state index contributed by atoms with van der Waals surface area (Å²) >= 11 is 0. The van der Waals surface area contributed by atoms with Gasteiger partial charge in [0.15, 0.2) is 0 Å². The Kier molecular flexibility index (Phi) is 4.01. The molecule has 0 amide bonds. The third-order valence-electron chi connectivity index (χ3n) is 4.96. The van der Waals surface area contributed by atoms with Gasteiger partial charge in [-0.25, -0.2) is 13.6 Å². The Hall–Kier alpha value is -2.77. The van der Waals surface area contributed by atoms with Crippen molar-refractivity contribution in [2.24, 2.45) is 5.14 Å². The van der Waals surface area contributed by atoms with Crippen LogP contribution in [0.3, 0.4) is 0 Å². The largest absolute Gasteiger partial charge is 0.259 e. The maximum atomic E-state index is 11.4. The van der Waals surface area contributed by atoms with Gasteiger partial charge >= 0.3 is 0 Å². The second-order valence-corrected chi connectivity index (χ2v) is 8.47. The van der Waals surface area contributed by atoms with E-state index in [1.165, 1.54) is 23.3 Å². The number of aryl methyl sites for hydroxylation is 3. The van der Waals surface area contributed by atoms with Gasteiger partial charge in [0, 0.05) is 17.0 Å². The van der Waals surface area contributed by atoms with Gasteiger partial charge in [0.2, 0.25) is 10.0 Å². The molecular weight excluding hydrogens is 360 g/mol. The summed E-state index contributed by atoms with van der Waals surface area (Å²) < 4.78 is 24.8. The first-order chi connectivity index (χ1) is 12.7. The molecule has 0 aliphatic heterocycles. The first-order valence-corrected chi connectivity index (χ1v) is 10.1. The van der Waals surface area contributed by atoms with E-state index in [0.717, 1.165) is 33.1 Å². The standard InChI is InChI=1S/C20H20N4O2S/c1-12-8-17-19(9-13(12)2)22-10-18-14(3)23-24(20(17)18)11-15-4-6-16(7-5-15)27(21,25)26/h4-10H,11H2,1-3H3,(H2,21,25,26). The van der Waals surface area contributed by atoms with Crippen LogP contribution in [0.4, 0.5) is 0 Å². The molecule has 27 heavy (non-hydrogen) atoms. The third-order valence-corrected chi connectivity index (χ3v) is 5.89. The summed E-state index contributed by atoms with van der Waals surface area (Å²) in [6, 6.07) is 10.8. The molecule has 6 nitrogen and oxygen atoms in total. The van der Waals surface area contributed by atoms with Crippen molar-refractivity contribution in [1.82, 2.24) is 14.8 Å². The smallest absolute Gasteiger partial charge is 0.238 e. The van der Waals surface area contributed by atoms with E-state index in [-0.39, 0.29) is 4.90 Å². The van der Waals surface area contributed by atoms with Crippen molar-refractivity contribution in [3.8, 4) is 0 Å². The Bertz CT molecular complexity index is 1290. The monoisotopic (exact) mass is 380 g/mol. The number of primary sulfonamides is 1. The lowest BCUT2D eigenvalue weighted by Gasteiger charge is -2.09. The van der Waals surface area contributed by atoms with E-state index in [1.54, 1.807) is 12.1 Å². The lowest BCUT2D eigenvalue weighted by Crippen LogP contribution is -2.12. The number of pyridine rings is 1. The molecule has 0 bridgehead atoms. The molecule has 2 N–H and O–H groups in total. The molecule has 0 spiro atoms. The number of rotatable bonds is 3. The second-order valence-electron chi connectivity index (χ2n) is 6.91. The van der Waals surface area contributed by atoms with E-state index in [9.17, 15) is 8.42 Å². The molecule has 2 aromatic carbocycles. The van der Waals surface area contributed by atoms with Gasteiger partial charge in [-0.2, -0.15) is 5.10 Å². The highest BCUT2D eigenvalue weighted by Gasteiger charge is 2.14. The molecule has 4 rings (SSSR count).